The van der Waals surface area contributed by atoms with E-state index in [9.17, 15) is 22.8 Å². The van der Waals surface area contributed by atoms with E-state index >= 15 is 0 Å². The highest BCUT2D eigenvalue weighted by atomic mass is 32.2. The number of amides is 1. The Morgan fingerprint density at radius 3 is 2.50 bits per heavy atom. The van der Waals surface area contributed by atoms with Gasteiger partial charge in [-0.1, -0.05) is 17.7 Å². The number of thioether (sulfide) groups is 1. The average molecular weight is 361 g/mol. The molecular weight excluding hydrogens is 343 g/mol. The second-order valence-electron chi connectivity index (χ2n) is 5.95. The zero-order valence-corrected chi connectivity index (χ0v) is 14.1. The monoisotopic (exact) mass is 361 g/mol. The van der Waals surface area contributed by atoms with E-state index in [-0.39, 0.29) is 5.75 Å². The SMILES string of the molecule is Cc1ccc(C)c(SCC(=O)N2C[C@@H](C(F)(F)F)[C@H](C(=O)O)C2)c1. The van der Waals surface area contributed by atoms with Gasteiger partial charge in [-0.05, 0) is 25.5 Å². The lowest BCUT2D eigenvalue weighted by Gasteiger charge is -2.18. The first-order valence-electron chi connectivity index (χ1n) is 7.37. The number of hydrogen-bond acceptors (Lipinski definition) is 3. The highest BCUT2D eigenvalue weighted by Gasteiger charge is 2.53. The van der Waals surface area contributed by atoms with Gasteiger partial charge in [0, 0.05) is 18.0 Å². The second-order valence-corrected chi connectivity index (χ2v) is 6.97. The molecule has 0 bridgehead atoms. The summed E-state index contributed by atoms with van der Waals surface area (Å²) in [6.45, 7) is 2.82. The number of aryl methyl sites for hydroxylation is 2. The van der Waals surface area contributed by atoms with Crippen LogP contribution in [0, 0.1) is 25.7 Å². The largest absolute Gasteiger partial charge is 0.481 e. The number of carbonyl (C=O) groups is 2. The van der Waals surface area contributed by atoms with E-state index < -0.39 is 43.0 Å². The number of aliphatic carboxylic acids is 1. The molecule has 1 aliphatic rings. The summed E-state index contributed by atoms with van der Waals surface area (Å²) in [7, 11) is 0. The van der Waals surface area contributed by atoms with Gasteiger partial charge in [-0.15, -0.1) is 11.8 Å². The second kappa shape index (κ2) is 7.04. The summed E-state index contributed by atoms with van der Waals surface area (Å²) in [4.78, 5) is 25.1. The smallest absolute Gasteiger partial charge is 0.394 e. The van der Waals surface area contributed by atoms with Gasteiger partial charge in [-0.25, -0.2) is 0 Å². The highest BCUT2D eigenvalue weighted by Crippen LogP contribution is 2.38. The molecule has 0 unspecified atom stereocenters. The molecule has 132 valence electrons. The summed E-state index contributed by atoms with van der Waals surface area (Å²) in [5.41, 5.74) is 2.01. The molecule has 2 rings (SSSR count). The van der Waals surface area contributed by atoms with Gasteiger partial charge in [-0.3, -0.25) is 9.59 Å². The van der Waals surface area contributed by atoms with Crippen LogP contribution in [0.5, 0.6) is 0 Å². The molecule has 2 atom stereocenters. The number of carboxylic acid groups (broad SMARTS) is 1. The maximum Gasteiger partial charge on any atom is 0.394 e. The number of likely N-dealkylation sites (tertiary alicyclic amines) is 1. The Labute approximate surface area is 142 Å². The van der Waals surface area contributed by atoms with Crippen molar-refractivity contribution in [3.63, 3.8) is 0 Å². The average Bonchev–Trinajstić information content (AvgIpc) is 2.93. The summed E-state index contributed by atoms with van der Waals surface area (Å²) >= 11 is 1.25. The van der Waals surface area contributed by atoms with Crippen LogP contribution in [0.25, 0.3) is 0 Å². The van der Waals surface area contributed by atoms with Crippen LogP contribution >= 0.6 is 11.8 Å². The quantitative estimate of drug-likeness (QED) is 0.838. The molecular formula is C16H18F3NO3S. The Kier molecular flexibility index (Phi) is 5.47. The molecule has 0 aromatic heterocycles. The van der Waals surface area contributed by atoms with Gasteiger partial charge in [0.25, 0.3) is 0 Å². The van der Waals surface area contributed by atoms with E-state index in [1.807, 2.05) is 32.0 Å². The van der Waals surface area contributed by atoms with Crippen LogP contribution in [0.1, 0.15) is 11.1 Å². The Morgan fingerprint density at radius 2 is 1.96 bits per heavy atom. The molecule has 1 aromatic rings. The van der Waals surface area contributed by atoms with Crippen LogP contribution in [0.3, 0.4) is 0 Å². The molecule has 0 spiro atoms. The number of halogens is 3. The third-order valence-corrected chi connectivity index (χ3v) is 5.25. The van der Waals surface area contributed by atoms with Crippen molar-refractivity contribution in [1.29, 1.82) is 0 Å². The maximum atomic E-state index is 12.9. The Balaban J connectivity index is 2.03. The van der Waals surface area contributed by atoms with Crippen molar-refractivity contribution < 1.29 is 27.9 Å². The van der Waals surface area contributed by atoms with Crippen LogP contribution < -0.4 is 0 Å². The van der Waals surface area contributed by atoms with E-state index in [0.29, 0.717) is 0 Å². The normalized spacial score (nSPS) is 21.1. The number of carbonyl (C=O) groups excluding carboxylic acids is 1. The molecule has 1 amide bonds. The summed E-state index contributed by atoms with van der Waals surface area (Å²) < 4.78 is 38.8. The topological polar surface area (TPSA) is 57.6 Å². The van der Waals surface area contributed by atoms with E-state index in [4.69, 9.17) is 5.11 Å². The van der Waals surface area contributed by atoms with Gasteiger partial charge >= 0.3 is 12.1 Å². The van der Waals surface area contributed by atoms with Crippen molar-refractivity contribution in [2.75, 3.05) is 18.8 Å². The van der Waals surface area contributed by atoms with Gasteiger partial charge in [0.15, 0.2) is 0 Å². The van der Waals surface area contributed by atoms with Gasteiger partial charge in [0.2, 0.25) is 5.91 Å². The molecule has 1 aliphatic heterocycles. The number of nitrogens with zero attached hydrogens (tertiary/aromatic N) is 1. The van der Waals surface area contributed by atoms with E-state index in [0.717, 1.165) is 20.9 Å². The minimum Gasteiger partial charge on any atom is -0.481 e. The van der Waals surface area contributed by atoms with Crippen molar-refractivity contribution in [2.24, 2.45) is 11.8 Å². The fourth-order valence-electron chi connectivity index (χ4n) is 2.68. The summed E-state index contributed by atoms with van der Waals surface area (Å²) in [5, 5.41) is 8.98. The first-order chi connectivity index (χ1) is 11.1. The van der Waals surface area contributed by atoms with Crippen molar-refractivity contribution in [1.82, 2.24) is 4.90 Å². The predicted molar refractivity (Wildman–Crippen MR) is 83.9 cm³/mol. The van der Waals surface area contributed by atoms with Crippen molar-refractivity contribution in [3.8, 4) is 0 Å². The summed E-state index contributed by atoms with van der Waals surface area (Å²) in [6, 6.07) is 5.76. The number of rotatable bonds is 4. The zero-order valence-electron chi connectivity index (χ0n) is 13.3. The third kappa shape index (κ3) is 4.23. The fourth-order valence-corrected chi connectivity index (χ4v) is 3.71. The molecule has 4 nitrogen and oxygen atoms in total. The predicted octanol–water partition coefficient (Wildman–Crippen LogP) is 3.12. The standard InChI is InChI=1S/C16H18F3NO3S/c1-9-3-4-10(2)13(5-9)24-8-14(21)20-6-11(15(22)23)12(7-20)16(17,18)19/h3-5,11-12H,6-8H2,1-2H3,(H,22,23)/t11-,12-/m1/s1. The van der Waals surface area contributed by atoms with Crippen LogP contribution in [0.15, 0.2) is 23.1 Å². The number of benzene rings is 1. The molecule has 1 heterocycles. The minimum atomic E-state index is -4.63. The third-order valence-electron chi connectivity index (χ3n) is 4.11. The molecule has 1 saturated heterocycles. The van der Waals surface area contributed by atoms with Gasteiger partial charge in [0.1, 0.15) is 0 Å². The summed E-state index contributed by atoms with van der Waals surface area (Å²) in [5.74, 6) is -5.61. The fraction of sp³-hybridized carbons (Fsp3) is 0.500. The van der Waals surface area contributed by atoms with Crippen LogP contribution in [-0.4, -0.2) is 46.9 Å². The van der Waals surface area contributed by atoms with Gasteiger partial charge in [-0.2, -0.15) is 13.2 Å². The molecule has 1 aromatic carbocycles. The molecule has 8 heteroatoms. The number of carboxylic acids is 1. The Hall–Kier alpha value is -1.70. The molecule has 24 heavy (non-hydrogen) atoms. The Bertz CT molecular complexity index is 648. The van der Waals surface area contributed by atoms with E-state index in [1.165, 1.54) is 11.8 Å². The number of hydrogen-bond donors (Lipinski definition) is 1. The first kappa shape index (κ1) is 18.6. The first-order valence-corrected chi connectivity index (χ1v) is 8.35. The van der Waals surface area contributed by atoms with Gasteiger partial charge < -0.3 is 10.0 Å². The van der Waals surface area contributed by atoms with Crippen molar-refractivity contribution >= 4 is 23.6 Å². The summed E-state index contributed by atoms with van der Waals surface area (Å²) in [6.07, 6.45) is -4.63. The molecule has 1 fully saturated rings. The lowest BCUT2D eigenvalue weighted by molar-refractivity contribution is -0.188. The number of alkyl halides is 3. The van der Waals surface area contributed by atoms with Crippen LogP contribution in [-0.2, 0) is 9.59 Å². The van der Waals surface area contributed by atoms with Gasteiger partial charge in [0.05, 0.1) is 17.6 Å². The Morgan fingerprint density at radius 1 is 1.29 bits per heavy atom. The maximum absolute atomic E-state index is 12.9. The van der Waals surface area contributed by atoms with E-state index in [1.54, 1.807) is 0 Å². The lowest BCUT2D eigenvalue weighted by Crippen LogP contribution is -2.34. The van der Waals surface area contributed by atoms with Crippen molar-refractivity contribution in [3.05, 3.63) is 29.3 Å². The minimum absolute atomic E-state index is 0.0127. The van der Waals surface area contributed by atoms with Crippen LogP contribution in [0.4, 0.5) is 13.2 Å². The highest BCUT2D eigenvalue weighted by molar-refractivity contribution is 8.00. The lowest BCUT2D eigenvalue weighted by atomic mass is 9.96. The molecule has 1 N–H and O–H groups in total. The molecule has 0 saturated carbocycles. The van der Waals surface area contributed by atoms with Crippen molar-refractivity contribution in [2.45, 2.75) is 24.9 Å². The van der Waals surface area contributed by atoms with Crippen LogP contribution in [0.2, 0.25) is 0 Å². The molecule has 0 aliphatic carbocycles. The molecule has 0 radical (unpaired) electrons. The zero-order chi connectivity index (χ0) is 18.1. The van der Waals surface area contributed by atoms with E-state index in [2.05, 4.69) is 0 Å².